The zero-order valence-corrected chi connectivity index (χ0v) is 7.10. The molecule has 0 aromatic rings. The van der Waals surface area contributed by atoms with Gasteiger partial charge in [0, 0.05) is 6.42 Å². The maximum absolute atomic E-state index is 5.27. The molecule has 0 aliphatic heterocycles. The molecule has 0 unspecified atom stereocenters. The normalized spacial score (nSPS) is 19.0. The van der Waals surface area contributed by atoms with Gasteiger partial charge in [0.05, 0.1) is 6.54 Å². The summed E-state index contributed by atoms with van der Waals surface area (Å²) in [6.07, 6.45) is 8.11. The van der Waals surface area contributed by atoms with Crippen LogP contribution in [0.5, 0.6) is 0 Å². The first-order valence-electron chi connectivity index (χ1n) is 4.59. The van der Waals surface area contributed by atoms with Gasteiger partial charge in [0.1, 0.15) is 0 Å². The molecule has 1 aliphatic carbocycles. The molecule has 0 bridgehead atoms. The molecule has 1 heteroatoms. The third-order valence-corrected chi connectivity index (χ3v) is 2.34. The van der Waals surface area contributed by atoms with Crippen molar-refractivity contribution in [2.24, 2.45) is 11.7 Å². The molecule has 1 rings (SSSR count). The van der Waals surface area contributed by atoms with Gasteiger partial charge in [-0.15, -0.1) is 5.92 Å². The zero-order chi connectivity index (χ0) is 7.94. The summed E-state index contributed by atoms with van der Waals surface area (Å²) in [4.78, 5) is 0. The van der Waals surface area contributed by atoms with Gasteiger partial charge in [-0.05, 0) is 18.8 Å². The summed E-state index contributed by atoms with van der Waals surface area (Å²) >= 11 is 0. The number of nitrogens with two attached hydrogens (primary N) is 1. The van der Waals surface area contributed by atoms with Crippen LogP contribution in [0.25, 0.3) is 0 Å². The van der Waals surface area contributed by atoms with Crippen LogP contribution in [0.2, 0.25) is 0 Å². The first kappa shape index (κ1) is 8.62. The van der Waals surface area contributed by atoms with Crippen LogP contribution in [0.15, 0.2) is 0 Å². The molecule has 0 aromatic heterocycles. The van der Waals surface area contributed by atoms with Gasteiger partial charge in [-0.2, -0.15) is 0 Å². The highest BCUT2D eigenvalue weighted by Gasteiger charge is 2.11. The summed E-state index contributed by atoms with van der Waals surface area (Å²) in [5.41, 5.74) is 5.27. The summed E-state index contributed by atoms with van der Waals surface area (Å²) < 4.78 is 0. The van der Waals surface area contributed by atoms with E-state index < -0.39 is 0 Å². The van der Waals surface area contributed by atoms with E-state index in [4.69, 9.17) is 5.73 Å². The highest BCUT2D eigenvalue weighted by atomic mass is 14.5. The van der Waals surface area contributed by atoms with Gasteiger partial charge in [0.25, 0.3) is 0 Å². The Morgan fingerprint density at radius 1 is 1.09 bits per heavy atom. The number of rotatable bonds is 1. The SMILES string of the molecule is NCC#CCC1CCCCC1. The summed E-state index contributed by atoms with van der Waals surface area (Å²) in [5.74, 6) is 6.93. The average Bonchev–Trinajstić information content (AvgIpc) is 2.07. The van der Waals surface area contributed by atoms with E-state index >= 15 is 0 Å². The number of hydrogen-bond acceptors (Lipinski definition) is 1. The molecule has 0 saturated heterocycles. The molecule has 0 heterocycles. The maximum Gasteiger partial charge on any atom is 0.0551 e. The Bertz CT molecular complexity index is 146. The molecule has 0 radical (unpaired) electrons. The van der Waals surface area contributed by atoms with E-state index in [1.165, 1.54) is 32.1 Å². The van der Waals surface area contributed by atoms with Crippen LogP contribution in [0.1, 0.15) is 38.5 Å². The molecule has 0 aromatic carbocycles. The fraction of sp³-hybridized carbons (Fsp3) is 0.800. The smallest absolute Gasteiger partial charge is 0.0551 e. The summed E-state index contributed by atoms with van der Waals surface area (Å²) in [7, 11) is 0. The molecule has 1 nitrogen and oxygen atoms in total. The Morgan fingerprint density at radius 3 is 2.45 bits per heavy atom. The highest BCUT2D eigenvalue weighted by molar-refractivity contribution is 5.01. The molecule has 1 aliphatic rings. The first-order valence-corrected chi connectivity index (χ1v) is 4.59. The second kappa shape index (κ2) is 5.21. The largest absolute Gasteiger partial charge is 0.320 e. The maximum atomic E-state index is 5.27. The minimum atomic E-state index is 0.521. The van der Waals surface area contributed by atoms with Crippen molar-refractivity contribution < 1.29 is 0 Å². The van der Waals surface area contributed by atoms with E-state index in [2.05, 4.69) is 11.8 Å². The van der Waals surface area contributed by atoms with Crippen molar-refractivity contribution in [3.8, 4) is 11.8 Å². The van der Waals surface area contributed by atoms with Crippen molar-refractivity contribution in [1.29, 1.82) is 0 Å². The highest BCUT2D eigenvalue weighted by Crippen LogP contribution is 2.25. The fourth-order valence-corrected chi connectivity index (χ4v) is 1.68. The molecule has 0 amide bonds. The Hall–Kier alpha value is -0.480. The third kappa shape index (κ3) is 3.43. The molecule has 0 spiro atoms. The van der Waals surface area contributed by atoms with Crippen LogP contribution < -0.4 is 5.73 Å². The Balaban J connectivity index is 2.14. The summed E-state index contributed by atoms with van der Waals surface area (Å²) in [5, 5.41) is 0. The Kier molecular flexibility index (Phi) is 4.08. The van der Waals surface area contributed by atoms with Crippen molar-refractivity contribution in [3.63, 3.8) is 0 Å². The van der Waals surface area contributed by atoms with Crippen molar-refractivity contribution in [2.75, 3.05) is 6.54 Å². The van der Waals surface area contributed by atoms with E-state index in [-0.39, 0.29) is 0 Å². The molecule has 11 heavy (non-hydrogen) atoms. The Labute approximate surface area is 69.4 Å². The van der Waals surface area contributed by atoms with Crippen molar-refractivity contribution in [1.82, 2.24) is 0 Å². The van der Waals surface area contributed by atoms with E-state index in [0.29, 0.717) is 6.54 Å². The van der Waals surface area contributed by atoms with Crippen molar-refractivity contribution >= 4 is 0 Å². The monoisotopic (exact) mass is 151 g/mol. The molecule has 62 valence electrons. The van der Waals surface area contributed by atoms with E-state index in [1.54, 1.807) is 0 Å². The topological polar surface area (TPSA) is 26.0 Å². The van der Waals surface area contributed by atoms with Crippen LogP contribution in [0.4, 0.5) is 0 Å². The molecule has 1 fully saturated rings. The molecule has 0 atom stereocenters. The zero-order valence-electron chi connectivity index (χ0n) is 7.10. The lowest BCUT2D eigenvalue weighted by Gasteiger charge is -2.18. The Morgan fingerprint density at radius 2 is 1.82 bits per heavy atom. The van der Waals surface area contributed by atoms with Gasteiger partial charge >= 0.3 is 0 Å². The summed E-state index contributed by atoms with van der Waals surface area (Å²) in [6.45, 7) is 0.521. The van der Waals surface area contributed by atoms with Crippen LogP contribution in [0.3, 0.4) is 0 Å². The third-order valence-electron chi connectivity index (χ3n) is 2.34. The van der Waals surface area contributed by atoms with E-state index in [0.717, 1.165) is 12.3 Å². The average molecular weight is 151 g/mol. The minimum Gasteiger partial charge on any atom is -0.320 e. The molecular weight excluding hydrogens is 134 g/mol. The van der Waals surface area contributed by atoms with E-state index in [9.17, 15) is 0 Å². The van der Waals surface area contributed by atoms with Crippen LogP contribution in [-0.2, 0) is 0 Å². The second-order valence-electron chi connectivity index (χ2n) is 3.27. The number of hydrogen-bond donors (Lipinski definition) is 1. The molecule has 1 saturated carbocycles. The standard InChI is InChI=1S/C10H17N/c11-9-5-4-8-10-6-2-1-3-7-10/h10H,1-3,6-9,11H2. The van der Waals surface area contributed by atoms with Gasteiger partial charge < -0.3 is 5.73 Å². The first-order chi connectivity index (χ1) is 5.43. The van der Waals surface area contributed by atoms with Crippen molar-refractivity contribution in [2.45, 2.75) is 38.5 Å². The second-order valence-corrected chi connectivity index (χ2v) is 3.27. The lowest BCUT2D eigenvalue weighted by molar-refractivity contribution is 0.365. The van der Waals surface area contributed by atoms with Gasteiger partial charge in [-0.25, -0.2) is 0 Å². The predicted molar refractivity (Wildman–Crippen MR) is 48.0 cm³/mol. The van der Waals surface area contributed by atoms with Crippen LogP contribution in [-0.4, -0.2) is 6.54 Å². The van der Waals surface area contributed by atoms with E-state index in [1.807, 2.05) is 0 Å². The lowest BCUT2D eigenvalue weighted by Crippen LogP contribution is -2.05. The molecular formula is C10H17N. The van der Waals surface area contributed by atoms with Gasteiger partial charge in [-0.3, -0.25) is 0 Å². The molecule has 2 N–H and O–H groups in total. The van der Waals surface area contributed by atoms with Crippen LogP contribution >= 0.6 is 0 Å². The summed E-state index contributed by atoms with van der Waals surface area (Å²) in [6, 6.07) is 0. The van der Waals surface area contributed by atoms with Gasteiger partial charge in [0.2, 0.25) is 0 Å². The van der Waals surface area contributed by atoms with Gasteiger partial charge in [0.15, 0.2) is 0 Å². The van der Waals surface area contributed by atoms with Gasteiger partial charge in [-0.1, -0.05) is 25.2 Å². The van der Waals surface area contributed by atoms with Crippen molar-refractivity contribution in [3.05, 3.63) is 0 Å². The fourth-order valence-electron chi connectivity index (χ4n) is 1.68. The predicted octanol–water partition coefficient (Wildman–Crippen LogP) is 1.92. The quantitative estimate of drug-likeness (QED) is 0.569. The lowest BCUT2D eigenvalue weighted by atomic mass is 9.87. The minimum absolute atomic E-state index is 0.521. The van der Waals surface area contributed by atoms with Crippen LogP contribution in [0, 0.1) is 17.8 Å².